The van der Waals surface area contributed by atoms with Crippen molar-refractivity contribution in [3.05, 3.63) is 170 Å². The van der Waals surface area contributed by atoms with E-state index in [1.54, 1.807) is 0 Å². The molecule has 2 heterocycles. The lowest BCUT2D eigenvalue weighted by molar-refractivity contribution is 1.17. The zero-order chi connectivity index (χ0) is 31.3. The number of rotatable bonds is 2. The molecule has 0 aliphatic heterocycles. The Bertz CT molecular complexity index is 3070. The van der Waals surface area contributed by atoms with E-state index in [-0.39, 0.29) is 0 Å². The molecule has 0 radical (unpaired) electrons. The van der Waals surface area contributed by atoms with Crippen LogP contribution in [0.4, 0.5) is 0 Å². The van der Waals surface area contributed by atoms with Crippen molar-refractivity contribution < 1.29 is 0 Å². The Morgan fingerprint density at radius 2 is 0.729 bits per heavy atom. The van der Waals surface area contributed by atoms with Crippen molar-refractivity contribution in [2.24, 2.45) is 0 Å². The molecule has 2 aromatic heterocycles. The van der Waals surface area contributed by atoms with Gasteiger partial charge in [0.1, 0.15) is 0 Å². The normalized spacial score (nSPS) is 12.2. The molecule has 222 valence electrons. The summed E-state index contributed by atoms with van der Waals surface area (Å²) in [7, 11) is 0. The number of hydrogen-bond acceptors (Lipinski definition) is 0. The van der Waals surface area contributed by atoms with Gasteiger partial charge in [0.25, 0.3) is 0 Å². The molecule has 0 saturated carbocycles. The standard InChI is InChI=1S/C46H28N2/c1-2-13-30(14-3-1)47-41-25-22-29-12-4-5-15-32(29)44(41)46-43(47)27-26-42-45(46)38-20-10-11-21-40(38)48(42)31-23-24-37-35-18-7-6-16-33(35)34-17-8-9-19-36(34)39(37)28-31/h1-28H. The van der Waals surface area contributed by atoms with Gasteiger partial charge in [-0.3, -0.25) is 0 Å². The minimum Gasteiger partial charge on any atom is -0.309 e. The van der Waals surface area contributed by atoms with E-state index in [0.29, 0.717) is 0 Å². The molecule has 0 fully saturated rings. The summed E-state index contributed by atoms with van der Waals surface area (Å²) in [6.45, 7) is 0. The highest BCUT2D eigenvalue weighted by Crippen LogP contribution is 2.45. The SMILES string of the molecule is c1ccc(-n2c3ccc4ccccc4c3c3c4c5ccccc5n(-c5ccc6c7ccccc7c7ccccc7c6c5)c4ccc32)cc1. The van der Waals surface area contributed by atoms with Crippen molar-refractivity contribution in [3.63, 3.8) is 0 Å². The third-order valence-corrected chi connectivity index (χ3v) is 10.5. The van der Waals surface area contributed by atoms with Crippen molar-refractivity contribution >= 4 is 86.7 Å². The number of nitrogens with zero attached hydrogens (tertiary/aromatic N) is 2. The predicted molar refractivity (Wildman–Crippen MR) is 205 cm³/mol. The summed E-state index contributed by atoms with van der Waals surface area (Å²) in [4.78, 5) is 0. The van der Waals surface area contributed by atoms with Gasteiger partial charge in [-0.1, -0.05) is 121 Å². The third kappa shape index (κ3) is 3.36. The monoisotopic (exact) mass is 608 g/mol. The molecule has 9 aromatic carbocycles. The molecule has 0 aliphatic rings. The first-order valence-electron chi connectivity index (χ1n) is 16.6. The van der Waals surface area contributed by atoms with Crippen LogP contribution in [0.15, 0.2) is 170 Å². The maximum atomic E-state index is 2.48. The summed E-state index contributed by atoms with van der Waals surface area (Å²) < 4.78 is 4.92. The van der Waals surface area contributed by atoms with Crippen LogP contribution in [-0.4, -0.2) is 9.13 Å². The molecule has 0 N–H and O–H groups in total. The number of hydrogen-bond donors (Lipinski definition) is 0. The second-order valence-electron chi connectivity index (χ2n) is 12.9. The van der Waals surface area contributed by atoms with Gasteiger partial charge in [0.15, 0.2) is 0 Å². The Hall–Kier alpha value is -6.38. The highest BCUT2D eigenvalue weighted by atomic mass is 15.0. The van der Waals surface area contributed by atoms with E-state index in [4.69, 9.17) is 0 Å². The van der Waals surface area contributed by atoms with Crippen LogP contribution in [0.5, 0.6) is 0 Å². The molecule has 11 aromatic rings. The van der Waals surface area contributed by atoms with Gasteiger partial charge in [0.2, 0.25) is 0 Å². The first kappa shape index (κ1) is 25.8. The molecule has 0 saturated heterocycles. The van der Waals surface area contributed by atoms with Crippen LogP contribution < -0.4 is 0 Å². The summed E-state index contributed by atoms with van der Waals surface area (Å²) in [5.41, 5.74) is 7.22. The van der Waals surface area contributed by atoms with Gasteiger partial charge in [-0.15, -0.1) is 0 Å². The number of para-hydroxylation sites is 2. The van der Waals surface area contributed by atoms with E-state index in [1.165, 1.54) is 98.1 Å². The Morgan fingerprint density at radius 1 is 0.250 bits per heavy atom. The van der Waals surface area contributed by atoms with Gasteiger partial charge in [-0.2, -0.15) is 0 Å². The Morgan fingerprint density at radius 3 is 1.44 bits per heavy atom. The molecule has 2 nitrogen and oxygen atoms in total. The van der Waals surface area contributed by atoms with E-state index >= 15 is 0 Å². The molecular weight excluding hydrogens is 581 g/mol. The maximum Gasteiger partial charge on any atom is 0.0549 e. The molecule has 0 atom stereocenters. The lowest BCUT2D eigenvalue weighted by Gasteiger charge is -2.14. The van der Waals surface area contributed by atoms with Crippen LogP contribution in [0.3, 0.4) is 0 Å². The number of fused-ring (bicyclic) bond motifs is 15. The highest BCUT2D eigenvalue weighted by molar-refractivity contribution is 6.33. The second kappa shape index (κ2) is 9.57. The summed E-state index contributed by atoms with van der Waals surface area (Å²) >= 11 is 0. The first-order valence-corrected chi connectivity index (χ1v) is 16.6. The lowest BCUT2D eigenvalue weighted by atomic mass is 9.94. The minimum absolute atomic E-state index is 1.17. The van der Waals surface area contributed by atoms with E-state index in [9.17, 15) is 0 Å². The molecule has 2 heteroatoms. The third-order valence-electron chi connectivity index (χ3n) is 10.5. The van der Waals surface area contributed by atoms with Gasteiger partial charge >= 0.3 is 0 Å². The van der Waals surface area contributed by atoms with Crippen LogP contribution >= 0.6 is 0 Å². The first-order chi connectivity index (χ1) is 23.8. The van der Waals surface area contributed by atoms with Crippen LogP contribution in [0.2, 0.25) is 0 Å². The topological polar surface area (TPSA) is 9.86 Å². The fourth-order valence-corrected chi connectivity index (χ4v) is 8.50. The van der Waals surface area contributed by atoms with Crippen molar-refractivity contribution in [1.29, 1.82) is 0 Å². The average molecular weight is 609 g/mol. The quantitative estimate of drug-likeness (QED) is 0.173. The highest BCUT2D eigenvalue weighted by Gasteiger charge is 2.22. The molecule has 0 aliphatic carbocycles. The van der Waals surface area contributed by atoms with Crippen LogP contribution in [0, 0.1) is 0 Å². The van der Waals surface area contributed by atoms with Crippen molar-refractivity contribution in [2.45, 2.75) is 0 Å². The lowest BCUT2D eigenvalue weighted by Crippen LogP contribution is -1.95. The zero-order valence-electron chi connectivity index (χ0n) is 26.1. The smallest absolute Gasteiger partial charge is 0.0549 e. The second-order valence-corrected chi connectivity index (χ2v) is 12.9. The fraction of sp³-hybridized carbons (Fsp3) is 0. The summed E-state index contributed by atoms with van der Waals surface area (Å²) in [6.07, 6.45) is 0. The number of aromatic nitrogens is 2. The minimum atomic E-state index is 1.17. The zero-order valence-corrected chi connectivity index (χ0v) is 26.1. The van der Waals surface area contributed by atoms with Gasteiger partial charge < -0.3 is 9.13 Å². The Kier molecular flexibility index (Phi) is 5.14. The number of benzene rings is 9. The van der Waals surface area contributed by atoms with E-state index < -0.39 is 0 Å². The Balaban J connectivity index is 1.32. The predicted octanol–water partition coefficient (Wildman–Crippen LogP) is 12.5. The van der Waals surface area contributed by atoms with Gasteiger partial charge in [0, 0.05) is 32.9 Å². The molecule has 0 amide bonds. The van der Waals surface area contributed by atoms with Crippen molar-refractivity contribution in [3.8, 4) is 11.4 Å². The van der Waals surface area contributed by atoms with Gasteiger partial charge in [0.05, 0.1) is 22.1 Å². The van der Waals surface area contributed by atoms with Crippen molar-refractivity contribution in [2.75, 3.05) is 0 Å². The molecule has 11 rings (SSSR count). The molecule has 0 spiro atoms. The Labute approximate surface area is 276 Å². The van der Waals surface area contributed by atoms with Crippen molar-refractivity contribution in [1.82, 2.24) is 9.13 Å². The summed E-state index contributed by atoms with van der Waals surface area (Å²) in [5.74, 6) is 0. The van der Waals surface area contributed by atoms with Crippen LogP contribution in [0.1, 0.15) is 0 Å². The fourth-order valence-electron chi connectivity index (χ4n) is 8.50. The van der Waals surface area contributed by atoms with E-state index in [0.717, 1.165) is 0 Å². The maximum absolute atomic E-state index is 2.48. The van der Waals surface area contributed by atoms with E-state index in [1.807, 2.05) is 0 Å². The van der Waals surface area contributed by atoms with Gasteiger partial charge in [-0.25, -0.2) is 0 Å². The average Bonchev–Trinajstić information content (AvgIpc) is 3.68. The summed E-state index contributed by atoms with van der Waals surface area (Å²) in [6, 6.07) is 62.4. The largest absolute Gasteiger partial charge is 0.309 e. The molecular formula is C46H28N2. The van der Waals surface area contributed by atoms with E-state index in [2.05, 4.69) is 179 Å². The van der Waals surface area contributed by atoms with Gasteiger partial charge in [-0.05, 0) is 91.6 Å². The molecule has 0 bridgehead atoms. The van der Waals surface area contributed by atoms with Crippen LogP contribution in [-0.2, 0) is 0 Å². The molecule has 48 heavy (non-hydrogen) atoms. The van der Waals surface area contributed by atoms with Crippen LogP contribution in [0.25, 0.3) is 98.1 Å². The molecule has 0 unspecified atom stereocenters. The summed E-state index contributed by atoms with van der Waals surface area (Å²) in [5, 5.41) is 15.4.